The summed E-state index contributed by atoms with van der Waals surface area (Å²) in [6, 6.07) is 10.1. The van der Waals surface area contributed by atoms with E-state index in [1.807, 2.05) is 62.8 Å². The van der Waals surface area contributed by atoms with Crippen LogP contribution in [-0.2, 0) is 10.2 Å². The van der Waals surface area contributed by atoms with Crippen LogP contribution < -0.4 is 4.74 Å². The molecule has 0 saturated carbocycles. The second-order valence-corrected chi connectivity index (χ2v) is 12.1. The Bertz CT molecular complexity index is 1590. The highest BCUT2D eigenvalue weighted by molar-refractivity contribution is 5.74. The number of hydrogen-bond acceptors (Lipinski definition) is 8. The fourth-order valence-electron chi connectivity index (χ4n) is 5.07. The molecule has 1 fully saturated rings. The minimum atomic E-state index is -0.522. The number of amides is 1. The molecule has 11 heteroatoms. The van der Waals surface area contributed by atoms with Crippen LogP contribution in [0, 0.1) is 18.3 Å². The average Bonchev–Trinajstić information content (AvgIpc) is 3.54. The molecule has 1 aliphatic heterocycles. The van der Waals surface area contributed by atoms with Crippen LogP contribution in [0.25, 0.3) is 16.8 Å². The molecule has 0 N–H and O–H groups in total. The van der Waals surface area contributed by atoms with Crippen molar-refractivity contribution in [2.24, 2.45) is 0 Å². The van der Waals surface area contributed by atoms with Gasteiger partial charge in [0.05, 0.1) is 24.5 Å². The number of hydrogen-bond donors (Lipinski definition) is 0. The molecule has 1 saturated heterocycles. The van der Waals surface area contributed by atoms with Crippen molar-refractivity contribution < 1.29 is 14.3 Å². The normalized spacial score (nSPS) is 14.7. The predicted octanol–water partition coefficient (Wildman–Crippen LogP) is 5.10. The standard InChI is InChI=1S/C30H36N8O3/c1-20-26(34-35-38(20)23-10-13-36(14-11-23)28(39)41-29(2,3)4)21-15-24(27-22(16-31)17-33-37(27)18-21)40-19-30(5,6)25-9-7-8-12-32-25/h7-9,12,15,17-18,23H,10-11,13-14,19H2,1-6H3. The largest absolute Gasteiger partial charge is 0.490 e. The lowest BCUT2D eigenvalue weighted by Gasteiger charge is -2.33. The summed E-state index contributed by atoms with van der Waals surface area (Å²) in [5.74, 6) is 0.542. The molecule has 0 atom stereocenters. The highest BCUT2D eigenvalue weighted by Crippen LogP contribution is 2.34. The molecule has 41 heavy (non-hydrogen) atoms. The van der Waals surface area contributed by atoms with E-state index in [0.29, 0.717) is 42.2 Å². The summed E-state index contributed by atoms with van der Waals surface area (Å²) in [7, 11) is 0. The average molecular weight is 557 g/mol. The fraction of sp³-hybridized carbons (Fsp3) is 0.467. The van der Waals surface area contributed by atoms with Crippen molar-refractivity contribution >= 4 is 11.6 Å². The summed E-state index contributed by atoms with van der Waals surface area (Å²) in [5.41, 5.74) is 3.46. The van der Waals surface area contributed by atoms with E-state index in [0.717, 1.165) is 29.8 Å². The third kappa shape index (κ3) is 5.87. The van der Waals surface area contributed by atoms with Gasteiger partial charge < -0.3 is 14.4 Å². The molecular weight excluding hydrogens is 520 g/mol. The number of nitrogens with zero attached hydrogens (tertiary/aromatic N) is 8. The number of rotatable bonds is 6. The molecular formula is C30H36N8O3. The molecule has 5 rings (SSSR count). The van der Waals surface area contributed by atoms with Gasteiger partial charge in [-0.05, 0) is 58.7 Å². The summed E-state index contributed by atoms with van der Waals surface area (Å²) in [4.78, 5) is 18.8. The van der Waals surface area contributed by atoms with Crippen molar-refractivity contribution in [1.29, 1.82) is 5.26 Å². The first-order chi connectivity index (χ1) is 19.5. The SMILES string of the molecule is Cc1c(-c2cc(OCC(C)(C)c3ccccn3)c3c(C#N)cnn3c2)nnn1C1CCN(C(=O)OC(C)(C)C)CC1. The predicted molar refractivity (Wildman–Crippen MR) is 152 cm³/mol. The van der Waals surface area contributed by atoms with Crippen molar-refractivity contribution in [3.05, 3.63) is 59.8 Å². The van der Waals surface area contributed by atoms with Crippen molar-refractivity contribution in [3.63, 3.8) is 0 Å². The first-order valence-corrected chi connectivity index (χ1v) is 13.8. The van der Waals surface area contributed by atoms with Gasteiger partial charge in [-0.1, -0.05) is 25.1 Å². The molecule has 11 nitrogen and oxygen atoms in total. The highest BCUT2D eigenvalue weighted by atomic mass is 16.6. The summed E-state index contributed by atoms with van der Waals surface area (Å²) >= 11 is 0. The topological polar surface area (TPSA) is 123 Å². The summed E-state index contributed by atoms with van der Waals surface area (Å²) in [5, 5.41) is 23.2. The maximum atomic E-state index is 12.5. The van der Waals surface area contributed by atoms with E-state index in [-0.39, 0.29) is 17.6 Å². The lowest BCUT2D eigenvalue weighted by molar-refractivity contribution is 0.0184. The quantitative estimate of drug-likeness (QED) is 0.321. The lowest BCUT2D eigenvalue weighted by atomic mass is 9.90. The molecule has 4 aromatic heterocycles. The molecule has 0 radical (unpaired) electrons. The van der Waals surface area contributed by atoms with E-state index >= 15 is 0 Å². The molecule has 0 unspecified atom stereocenters. The number of pyridine rings is 2. The van der Waals surface area contributed by atoms with Crippen LogP contribution in [-0.4, -0.2) is 65.9 Å². The highest BCUT2D eigenvalue weighted by Gasteiger charge is 2.30. The summed E-state index contributed by atoms with van der Waals surface area (Å²) in [6.45, 7) is 13.3. The Balaban J connectivity index is 1.39. The second-order valence-electron chi connectivity index (χ2n) is 12.1. The van der Waals surface area contributed by atoms with Crippen molar-refractivity contribution in [2.45, 2.75) is 71.4 Å². The van der Waals surface area contributed by atoms with Crippen LogP contribution in [0.3, 0.4) is 0 Å². The van der Waals surface area contributed by atoms with Crippen LogP contribution in [0.4, 0.5) is 4.79 Å². The Kier molecular flexibility index (Phi) is 7.43. The van der Waals surface area contributed by atoms with E-state index in [9.17, 15) is 10.1 Å². The molecule has 0 spiro atoms. The van der Waals surface area contributed by atoms with Crippen molar-refractivity contribution in [3.8, 4) is 23.1 Å². The smallest absolute Gasteiger partial charge is 0.410 e. The van der Waals surface area contributed by atoms with Crippen molar-refractivity contribution in [2.75, 3.05) is 19.7 Å². The Morgan fingerprint density at radius 2 is 1.93 bits per heavy atom. The number of nitriles is 1. The number of piperidine rings is 1. The van der Waals surface area contributed by atoms with Gasteiger partial charge in [0, 0.05) is 42.2 Å². The first kappa shape index (κ1) is 28.1. The molecule has 5 heterocycles. The fourth-order valence-corrected chi connectivity index (χ4v) is 5.07. The van der Waals surface area contributed by atoms with Gasteiger partial charge in [-0.15, -0.1) is 5.10 Å². The Labute approximate surface area is 239 Å². The summed E-state index contributed by atoms with van der Waals surface area (Å²) < 4.78 is 15.5. The lowest BCUT2D eigenvalue weighted by Crippen LogP contribution is -2.42. The number of carbonyl (C=O) groups excluding carboxylic acids is 1. The Morgan fingerprint density at radius 3 is 2.59 bits per heavy atom. The molecule has 0 bridgehead atoms. The van der Waals surface area contributed by atoms with Gasteiger partial charge in [0.2, 0.25) is 0 Å². The second kappa shape index (κ2) is 10.8. The molecule has 0 aromatic carbocycles. The third-order valence-corrected chi connectivity index (χ3v) is 7.31. The maximum Gasteiger partial charge on any atom is 0.410 e. The van der Waals surface area contributed by atoms with Crippen LogP contribution >= 0.6 is 0 Å². The van der Waals surface area contributed by atoms with Gasteiger partial charge in [0.1, 0.15) is 34.2 Å². The molecule has 214 valence electrons. The van der Waals surface area contributed by atoms with Gasteiger partial charge in [-0.25, -0.2) is 14.0 Å². The minimum Gasteiger partial charge on any atom is -0.490 e. The monoisotopic (exact) mass is 556 g/mol. The Morgan fingerprint density at radius 1 is 1.17 bits per heavy atom. The van der Waals surface area contributed by atoms with Gasteiger partial charge in [-0.3, -0.25) is 4.98 Å². The van der Waals surface area contributed by atoms with E-state index in [4.69, 9.17) is 9.47 Å². The van der Waals surface area contributed by atoms with Gasteiger partial charge in [-0.2, -0.15) is 10.4 Å². The maximum absolute atomic E-state index is 12.5. The molecule has 4 aromatic rings. The Hall–Kier alpha value is -4.46. The van der Waals surface area contributed by atoms with E-state index < -0.39 is 5.60 Å². The van der Waals surface area contributed by atoms with Crippen LogP contribution in [0.1, 0.15) is 70.5 Å². The third-order valence-electron chi connectivity index (χ3n) is 7.31. The zero-order chi connectivity index (χ0) is 29.4. The zero-order valence-electron chi connectivity index (χ0n) is 24.5. The minimum absolute atomic E-state index is 0.114. The van der Waals surface area contributed by atoms with Crippen LogP contribution in [0.15, 0.2) is 42.9 Å². The van der Waals surface area contributed by atoms with Gasteiger partial charge >= 0.3 is 6.09 Å². The van der Waals surface area contributed by atoms with E-state index in [1.54, 1.807) is 15.6 Å². The van der Waals surface area contributed by atoms with Crippen LogP contribution in [0.2, 0.25) is 0 Å². The number of ether oxygens (including phenoxy) is 2. The van der Waals surface area contributed by atoms with Crippen molar-refractivity contribution in [1.82, 2.24) is 34.5 Å². The first-order valence-electron chi connectivity index (χ1n) is 13.8. The molecule has 1 amide bonds. The van der Waals surface area contributed by atoms with Gasteiger partial charge in [0.25, 0.3) is 0 Å². The number of aromatic nitrogens is 6. The van der Waals surface area contributed by atoms with E-state index in [1.165, 1.54) is 6.20 Å². The zero-order valence-corrected chi connectivity index (χ0v) is 24.5. The van der Waals surface area contributed by atoms with Crippen LogP contribution in [0.5, 0.6) is 5.75 Å². The number of fused-ring (bicyclic) bond motifs is 1. The van der Waals surface area contributed by atoms with E-state index in [2.05, 4.69) is 40.3 Å². The molecule has 1 aliphatic rings. The van der Waals surface area contributed by atoms with Gasteiger partial charge in [0.15, 0.2) is 0 Å². The number of carbonyl (C=O) groups is 1. The number of likely N-dealkylation sites (tertiary alicyclic amines) is 1. The molecule has 0 aliphatic carbocycles. The summed E-state index contributed by atoms with van der Waals surface area (Å²) in [6.07, 6.45) is 6.38.